The standard InChI is InChI=1S/C12H26Cl2N2O2/c1-15(9-11(17)7-13)3-5-16(2,6-4-15)10-12(18)8-14/h11-12,17-18H,3-10H2,1-2H3/q+2. The van der Waals surface area contributed by atoms with Crippen LogP contribution in [0.5, 0.6) is 0 Å². The molecule has 108 valence electrons. The number of likely N-dealkylation sites (N-methyl/N-ethyl adjacent to an activating group) is 2. The summed E-state index contributed by atoms with van der Waals surface area (Å²) in [5.74, 6) is 0.593. The highest BCUT2D eigenvalue weighted by atomic mass is 35.5. The van der Waals surface area contributed by atoms with Crippen LogP contribution in [0.2, 0.25) is 0 Å². The van der Waals surface area contributed by atoms with Gasteiger partial charge < -0.3 is 19.2 Å². The van der Waals surface area contributed by atoms with Gasteiger partial charge in [-0.05, 0) is 0 Å². The Labute approximate surface area is 120 Å². The SMILES string of the molecule is C[N+]1(CC(O)CCl)CC[N+](C)(CC(O)CCl)CC1. The summed E-state index contributed by atoms with van der Waals surface area (Å²) in [6, 6.07) is 0. The monoisotopic (exact) mass is 300 g/mol. The lowest BCUT2D eigenvalue weighted by atomic mass is 10.1. The van der Waals surface area contributed by atoms with Gasteiger partial charge in [0.25, 0.3) is 0 Å². The average Bonchev–Trinajstić information content (AvgIpc) is 2.33. The Morgan fingerprint density at radius 2 is 1.11 bits per heavy atom. The van der Waals surface area contributed by atoms with Crippen molar-refractivity contribution in [3.8, 4) is 0 Å². The van der Waals surface area contributed by atoms with Crippen molar-refractivity contribution in [2.45, 2.75) is 12.2 Å². The van der Waals surface area contributed by atoms with Gasteiger partial charge in [0.1, 0.15) is 51.5 Å². The summed E-state index contributed by atoms with van der Waals surface area (Å²) in [6.07, 6.45) is -0.857. The maximum absolute atomic E-state index is 9.68. The van der Waals surface area contributed by atoms with Crippen molar-refractivity contribution in [2.24, 2.45) is 0 Å². The predicted molar refractivity (Wildman–Crippen MR) is 75.0 cm³/mol. The molecule has 2 atom stereocenters. The van der Waals surface area contributed by atoms with Crippen LogP contribution in [0.3, 0.4) is 0 Å². The molecule has 0 saturated carbocycles. The van der Waals surface area contributed by atoms with E-state index in [9.17, 15) is 10.2 Å². The van der Waals surface area contributed by atoms with E-state index in [1.54, 1.807) is 0 Å². The van der Waals surface area contributed by atoms with Gasteiger partial charge in [-0.3, -0.25) is 0 Å². The lowest BCUT2D eigenvalue weighted by Crippen LogP contribution is -2.66. The quantitative estimate of drug-likeness (QED) is 0.539. The molecule has 1 fully saturated rings. The molecule has 0 spiro atoms. The van der Waals surface area contributed by atoms with Crippen molar-refractivity contribution in [2.75, 3.05) is 65.1 Å². The highest BCUT2D eigenvalue weighted by Gasteiger charge is 2.38. The van der Waals surface area contributed by atoms with Gasteiger partial charge in [0.2, 0.25) is 0 Å². The molecule has 1 heterocycles. The topological polar surface area (TPSA) is 40.5 Å². The maximum Gasteiger partial charge on any atom is 0.129 e. The van der Waals surface area contributed by atoms with Crippen LogP contribution in [-0.2, 0) is 0 Å². The lowest BCUT2D eigenvalue weighted by Gasteiger charge is -2.47. The van der Waals surface area contributed by atoms with Crippen molar-refractivity contribution in [1.82, 2.24) is 0 Å². The molecule has 0 radical (unpaired) electrons. The number of rotatable bonds is 6. The van der Waals surface area contributed by atoms with E-state index >= 15 is 0 Å². The van der Waals surface area contributed by atoms with Crippen LogP contribution in [0.15, 0.2) is 0 Å². The molecule has 0 aliphatic carbocycles. The van der Waals surface area contributed by atoms with Gasteiger partial charge >= 0.3 is 0 Å². The van der Waals surface area contributed by atoms with E-state index in [4.69, 9.17) is 23.2 Å². The van der Waals surface area contributed by atoms with Gasteiger partial charge in [-0.2, -0.15) is 0 Å². The highest BCUT2D eigenvalue weighted by Crippen LogP contribution is 2.17. The molecule has 6 heteroatoms. The number of piperazine rings is 1. The van der Waals surface area contributed by atoms with Crippen molar-refractivity contribution in [1.29, 1.82) is 0 Å². The molecule has 18 heavy (non-hydrogen) atoms. The number of quaternary nitrogens is 2. The van der Waals surface area contributed by atoms with E-state index in [1.165, 1.54) is 0 Å². The Morgan fingerprint density at radius 3 is 1.33 bits per heavy atom. The van der Waals surface area contributed by atoms with Crippen molar-refractivity contribution in [3.05, 3.63) is 0 Å². The van der Waals surface area contributed by atoms with E-state index in [-0.39, 0.29) is 0 Å². The smallest absolute Gasteiger partial charge is 0.129 e. The molecule has 0 amide bonds. The van der Waals surface area contributed by atoms with Crippen LogP contribution in [0.1, 0.15) is 0 Å². The first-order valence-corrected chi connectivity index (χ1v) is 7.54. The summed E-state index contributed by atoms with van der Waals surface area (Å²) < 4.78 is 1.72. The summed E-state index contributed by atoms with van der Waals surface area (Å²) in [5.41, 5.74) is 0. The van der Waals surface area contributed by atoms with Crippen LogP contribution in [-0.4, -0.2) is 96.5 Å². The molecule has 1 saturated heterocycles. The second kappa shape index (κ2) is 6.73. The molecule has 4 nitrogen and oxygen atoms in total. The summed E-state index contributed by atoms with van der Waals surface area (Å²) >= 11 is 11.3. The fraction of sp³-hybridized carbons (Fsp3) is 1.00. The number of nitrogens with zero attached hydrogens (tertiary/aromatic N) is 2. The molecule has 1 aliphatic rings. The van der Waals surface area contributed by atoms with E-state index in [2.05, 4.69) is 14.1 Å². The van der Waals surface area contributed by atoms with Gasteiger partial charge in [0.15, 0.2) is 0 Å². The first-order valence-electron chi connectivity index (χ1n) is 6.48. The number of hydrogen-bond donors (Lipinski definition) is 2. The van der Waals surface area contributed by atoms with Crippen molar-refractivity contribution >= 4 is 23.2 Å². The first kappa shape index (κ1) is 16.5. The maximum atomic E-state index is 9.68. The summed E-state index contributed by atoms with van der Waals surface area (Å²) in [5, 5.41) is 19.4. The van der Waals surface area contributed by atoms with Crippen LogP contribution >= 0.6 is 23.2 Å². The van der Waals surface area contributed by atoms with Gasteiger partial charge in [-0.25, -0.2) is 0 Å². The Kier molecular flexibility index (Phi) is 6.16. The third-order valence-corrected chi connectivity index (χ3v) is 4.73. The number of halogens is 2. The largest absolute Gasteiger partial charge is 0.386 e. The van der Waals surface area contributed by atoms with E-state index in [0.29, 0.717) is 24.8 Å². The minimum absolute atomic E-state index is 0.297. The van der Waals surface area contributed by atoms with Crippen LogP contribution in [0.25, 0.3) is 0 Å². The van der Waals surface area contributed by atoms with Gasteiger partial charge in [-0.15, -0.1) is 23.2 Å². The van der Waals surface area contributed by atoms with Gasteiger partial charge in [-0.1, -0.05) is 0 Å². The first-order chi connectivity index (χ1) is 8.32. The molecule has 1 rings (SSSR count). The molecule has 0 aromatic heterocycles. The summed E-state index contributed by atoms with van der Waals surface area (Å²) in [6.45, 7) is 5.42. The second-order valence-corrected chi connectivity index (χ2v) is 6.73. The average molecular weight is 301 g/mol. The van der Waals surface area contributed by atoms with E-state index in [0.717, 1.165) is 35.1 Å². The molecule has 1 aliphatic heterocycles. The fourth-order valence-electron chi connectivity index (χ4n) is 2.67. The summed E-state index contributed by atoms with van der Waals surface area (Å²) in [7, 11) is 4.33. The van der Waals surface area contributed by atoms with Crippen LogP contribution in [0.4, 0.5) is 0 Å². The number of aliphatic hydroxyl groups is 2. The number of aliphatic hydroxyl groups excluding tert-OH is 2. The molecule has 0 aromatic rings. The molecule has 2 unspecified atom stereocenters. The van der Waals surface area contributed by atoms with Gasteiger partial charge in [0, 0.05) is 0 Å². The number of alkyl halides is 2. The molecule has 2 N–H and O–H groups in total. The van der Waals surface area contributed by atoms with Crippen molar-refractivity contribution < 1.29 is 19.2 Å². The molecular weight excluding hydrogens is 275 g/mol. The summed E-state index contributed by atoms with van der Waals surface area (Å²) in [4.78, 5) is 0. The number of hydrogen-bond acceptors (Lipinski definition) is 2. The van der Waals surface area contributed by atoms with Gasteiger partial charge in [0.05, 0.1) is 25.9 Å². The third kappa shape index (κ3) is 4.83. The van der Waals surface area contributed by atoms with E-state index < -0.39 is 12.2 Å². The van der Waals surface area contributed by atoms with Crippen LogP contribution < -0.4 is 0 Å². The Hall–Kier alpha value is 0.420. The molecule has 0 bridgehead atoms. The van der Waals surface area contributed by atoms with Crippen molar-refractivity contribution in [3.63, 3.8) is 0 Å². The normalized spacial score (nSPS) is 36.3. The lowest BCUT2D eigenvalue weighted by molar-refractivity contribution is -1.02. The highest BCUT2D eigenvalue weighted by molar-refractivity contribution is 6.18. The zero-order valence-corrected chi connectivity index (χ0v) is 12.9. The second-order valence-electron chi connectivity index (χ2n) is 6.11. The fourth-order valence-corrected chi connectivity index (χ4v) is 2.86. The molecular formula is C12H26Cl2N2O2+2. The Morgan fingerprint density at radius 1 is 0.833 bits per heavy atom. The van der Waals surface area contributed by atoms with E-state index in [1.807, 2.05) is 0 Å². The minimum atomic E-state index is -0.429. The molecule has 0 aromatic carbocycles. The Bertz CT molecular complexity index is 232. The Balaban J connectivity index is 2.48. The zero-order chi connectivity index (χ0) is 13.8. The predicted octanol–water partition coefficient (Wildman–Crippen LogP) is 0.0926. The van der Waals surface area contributed by atoms with Crippen LogP contribution in [0, 0.1) is 0 Å². The third-order valence-electron chi connectivity index (χ3n) is 4.02. The minimum Gasteiger partial charge on any atom is -0.386 e. The zero-order valence-electron chi connectivity index (χ0n) is 11.4.